The highest BCUT2D eigenvalue weighted by Crippen LogP contribution is 2.35. The van der Waals surface area contributed by atoms with Crippen LogP contribution in [0.2, 0.25) is 0 Å². The average Bonchev–Trinajstić information content (AvgIpc) is 2.34. The van der Waals surface area contributed by atoms with Gasteiger partial charge in [-0.05, 0) is 11.5 Å². The maximum atomic E-state index is 5.72. The van der Waals surface area contributed by atoms with Crippen molar-refractivity contribution in [3.05, 3.63) is 29.8 Å². The maximum Gasteiger partial charge on any atom is 0.123 e. The van der Waals surface area contributed by atoms with E-state index in [1.807, 2.05) is 24.3 Å². The Labute approximate surface area is 109 Å². The molecule has 0 heterocycles. The molecule has 0 saturated carbocycles. The van der Waals surface area contributed by atoms with Crippen molar-refractivity contribution in [2.45, 2.75) is 32.9 Å². The number of nitrogens with one attached hydrogen (secondary N) is 1. The minimum absolute atomic E-state index is 0.0351. The van der Waals surface area contributed by atoms with Gasteiger partial charge in [0.05, 0.1) is 19.3 Å². The number of hydrogen-bond donors (Lipinski definition) is 2. The molecule has 0 fully saturated rings. The molecule has 0 radical (unpaired) electrons. The summed E-state index contributed by atoms with van der Waals surface area (Å²) in [6.45, 7) is 6.38. The van der Waals surface area contributed by atoms with Gasteiger partial charge < -0.3 is 9.47 Å². The fourth-order valence-corrected chi connectivity index (χ4v) is 2.25. The zero-order valence-electron chi connectivity index (χ0n) is 11.9. The number of nitrogens with two attached hydrogens (primary N) is 1. The molecule has 0 aliphatic rings. The van der Waals surface area contributed by atoms with E-state index in [0.29, 0.717) is 0 Å². The van der Waals surface area contributed by atoms with Crippen LogP contribution in [-0.2, 0) is 4.74 Å². The lowest BCUT2D eigenvalue weighted by Gasteiger charge is -2.36. The molecule has 3 N–H and O–H groups in total. The van der Waals surface area contributed by atoms with Crippen molar-refractivity contribution in [1.29, 1.82) is 0 Å². The SMILES string of the molecule is COc1ccccc1C(NN)C(OC)C(C)(C)C. The summed E-state index contributed by atoms with van der Waals surface area (Å²) in [5, 5.41) is 0. The Kier molecular flexibility index (Phi) is 5.14. The molecule has 0 aliphatic carbocycles. The smallest absolute Gasteiger partial charge is 0.123 e. The van der Waals surface area contributed by atoms with Crippen molar-refractivity contribution < 1.29 is 9.47 Å². The molecule has 4 heteroatoms. The van der Waals surface area contributed by atoms with Gasteiger partial charge in [0.15, 0.2) is 0 Å². The predicted octanol–water partition coefficient (Wildman–Crippen LogP) is 2.26. The lowest BCUT2D eigenvalue weighted by atomic mass is 9.82. The molecule has 4 nitrogen and oxygen atoms in total. The first-order valence-corrected chi connectivity index (χ1v) is 6.07. The van der Waals surface area contributed by atoms with Crippen molar-refractivity contribution in [2.24, 2.45) is 11.3 Å². The van der Waals surface area contributed by atoms with Crippen LogP contribution in [0.1, 0.15) is 32.4 Å². The third-order valence-electron chi connectivity index (χ3n) is 3.06. The predicted molar refractivity (Wildman–Crippen MR) is 73.3 cm³/mol. The quantitative estimate of drug-likeness (QED) is 0.623. The molecular weight excluding hydrogens is 228 g/mol. The molecule has 2 atom stereocenters. The van der Waals surface area contributed by atoms with E-state index in [4.69, 9.17) is 15.3 Å². The lowest BCUT2D eigenvalue weighted by molar-refractivity contribution is -0.0125. The number of hydrazine groups is 1. The van der Waals surface area contributed by atoms with Crippen LogP contribution in [0.5, 0.6) is 5.75 Å². The van der Waals surface area contributed by atoms with E-state index in [1.54, 1.807) is 14.2 Å². The molecule has 2 unspecified atom stereocenters. The highest BCUT2D eigenvalue weighted by Gasteiger charge is 2.34. The van der Waals surface area contributed by atoms with Gasteiger partial charge in [0.1, 0.15) is 5.75 Å². The van der Waals surface area contributed by atoms with Crippen molar-refractivity contribution in [3.63, 3.8) is 0 Å². The molecule has 0 bridgehead atoms. The van der Waals surface area contributed by atoms with Gasteiger partial charge in [-0.15, -0.1) is 0 Å². The van der Waals surface area contributed by atoms with Gasteiger partial charge in [-0.1, -0.05) is 39.0 Å². The van der Waals surface area contributed by atoms with Crippen LogP contribution >= 0.6 is 0 Å². The summed E-state index contributed by atoms with van der Waals surface area (Å²) in [5.74, 6) is 6.53. The third-order valence-corrected chi connectivity index (χ3v) is 3.06. The Morgan fingerprint density at radius 3 is 2.22 bits per heavy atom. The second-order valence-electron chi connectivity index (χ2n) is 5.41. The monoisotopic (exact) mass is 252 g/mol. The number of benzene rings is 1. The molecule has 0 spiro atoms. The van der Waals surface area contributed by atoms with E-state index in [0.717, 1.165) is 11.3 Å². The lowest BCUT2D eigenvalue weighted by Crippen LogP contribution is -2.44. The zero-order valence-corrected chi connectivity index (χ0v) is 11.9. The van der Waals surface area contributed by atoms with Crippen LogP contribution in [0.4, 0.5) is 0 Å². The maximum absolute atomic E-state index is 5.72. The highest BCUT2D eigenvalue weighted by atomic mass is 16.5. The standard InChI is InChI=1S/C14H24N2O2/c1-14(2,3)13(18-5)12(16-15)10-8-6-7-9-11(10)17-4/h6-9,12-13,16H,15H2,1-5H3. The Bertz CT molecular complexity index is 374. The van der Waals surface area contributed by atoms with Crippen molar-refractivity contribution in [2.75, 3.05) is 14.2 Å². The molecule has 102 valence electrons. The number of para-hydroxylation sites is 1. The van der Waals surface area contributed by atoms with Gasteiger partial charge in [0, 0.05) is 12.7 Å². The number of hydrogen-bond acceptors (Lipinski definition) is 4. The molecule has 0 aromatic heterocycles. The summed E-state index contributed by atoms with van der Waals surface area (Å²) in [7, 11) is 3.36. The van der Waals surface area contributed by atoms with Crippen LogP contribution in [0, 0.1) is 5.41 Å². The molecule has 1 aromatic carbocycles. The summed E-state index contributed by atoms with van der Waals surface area (Å²) in [6, 6.07) is 7.72. The first-order valence-electron chi connectivity index (χ1n) is 6.07. The molecule has 0 saturated heterocycles. The zero-order chi connectivity index (χ0) is 13.8. The van der Waals surface area contributed by atoms with Gasteiger partial charge in [-0.25, -0.2) is 0 Å². The Balaban J connectivity index is 3.16. The fourth-order valence-electron chi connectivity index (χ4n) is 2.25. The summed E-state index contributed by atoms with van der Waals surface area (Å²) in [4.78, 5) is 0. The average molecular weight is 252 g/mol. The van der Waals surface area contributed by atoms with Crippen molar-refractivity contribution in [3.8, 4) is 5.75 Å². The van der Waals surface area contributed by atoms with Crippen LogP contribution in [0.25, 0.3) is 0 Å². The molecule has 18 heavy (non-hydrogen) atoms. The van der Waals surface area contributed by atoms with E-state index in [-0.39, 0.29) is 17.6 Å². The van der Waals surface area contributed by atoms with Gasteiger partial charge in [0.2, 0.25) is 0 Å². The molecule has 0 amide bonds. The number of methoxy groups -OCH3 is 2. The van der Waals surface area contributed by atoms with E-state index < -0.39 is 0 Å². The first kappa shape index (κ1) is 15.0. The molecule has 1 aromatic rings. The van der Waals surface area contributed by atoms with Crippen molar-refractivity contribution in [1.82, 2.24) is 5.43 Å². The Hall–Kier alpha value is -1.10. The van der Waals surface area contributed by atoms with Crippen LogP contribution in [0.15, 0.2) is 24.3 Å². The number of rotatable bonds is 5. The Morgan fingerprint density at radius 2 is 1.78 bits per heavy atom. The van der Waals surface area contributed by atoms with Crippen LogP contribution < -0.4 is 16.0 Å². The second kappa shape index (κ2) is 6.18. The fraction of sp³-hybridized carbons (Fsp3) is 0.571. The topological polar surface area (TPSA) is 56.5 Å². The van der Waals surface area contributed by atoms with E-state index in [9.17, 15) is 0 Å². The van der Waals surface area contributed by atoms with Crippen LogP contribution in [0.3, 0.4) is 0 Å². The minimum atomic E-state index is -0.119. The molecule has 0 aliphatic heterocycles. The van der Waals surface area contributed by atoms with E-state index >= 15 is 0 Å². The third kappa shape index (κ3) is 3.22. The van der Waals surface area contributed by atoms with Gasteiger partial charge in [-0.3, -0.25) is 11.3 Å². The minimum Gasteiger partial charge on any atom is -0.496 e. The van der Waals surface area contributed by atoms with Gasteiger partial charge in [0.25, 0.3) is 0 Å². The van der Waals surface area contributed by atoms with Crippen molar-refractivity contribution >= 4 is 0 Å². The summed E-state index contributed by atoms with van der Waals surface area (Å²) in [5.41, 5.74) is 3.81. The largest absolute Gasteiger partial charge is 0.496 e. The summed E-state index contributed by atoms with van der Waals surface area (Å²) >= 11 is 0. The second-order valence-corrected chi connectivity index (χ2v) is 5.41. The van der Waals surface area contributed by atoms with E-state index in [2.05, 4.69) is 26.2 Å². The molecular formula is C14H24N2O2. The van der Waals surface area contributed by atoms with Gasteiger partial charge >= 0.3 is 0 Å². The summed E-state index contributed by atoms with van der Waals surface area (Å²) in [6.07, 6.45) is -0.0567. The Morgan fingerprint density at radius 1 is 1.17 bits per heavy atom. The van der Waals surface area contributed by atoms with E-state index in [1.165, 1.54) is 0 Å². The first-order chi connectivity index (χ1) is 8.45. The summed E-state index contributed by atoms with van der Waals surface area (Å²) < 4.78 is 11.0. The highest BCUT2D eigenvalue weighted by molar-refractivity contribution is 5.36. The molecule has 1 rings (SSSR count). The van der Waals surface area contributed by atoms with Gasteiger partial charge in [-0.2, -0.15) is 0 Å². The number of ether oxygens (including phenoxy) is 2. The normalized spacial score (nSPS) is 15.2. The van der Waals surface area contributed by atoms with Crippen LogP contribution in [-0.4, -0.2) is 20.3 Å².